The molecule has 0 aliphatic carbocycles. The van der Waals surface area contributed by atoms with E-state index in [0.717, 1.165) is 6.42 Å². The van der Waals surface area contributed by atoms with Crippen molar-refractivity contribution in [3.8, 4) is 0 Å². The molecule has 0 aliphatic rings. The Morgan fingerprint density at radius 1 is 0.306 bits per heavy atom. The zero-order chi connectivity index (χ0) is 44.2. The van der Waals surface area contributed by atoms with Crippen LogP contribution in [0.15, 0.2) is 77.9 Å². The summed E-state index contributed by atoms with van der Waals surface area (Å²) < 4.78 is 0. The summed E-state index contributed by atoms with van der Waals surface area (Å²) >= 11 is 12.8. The Labute approximate surface area is 407 Å². The largest absolute Gasteiger partial charge is 0.125 e. The molecular weight excluding hydrogens is 865 g/mol. The molecule has 0 amide bonds. The molecule has 4 rings (SSSR count). The van der Waals surface area contributed by atoms with Crippen LogP contribution in [0.2, 0.25) is 0 Å². The van der Waals surface area contributed by atoms with Crippen LogP contribution in [-0.4, -0.2) is 34.5 Å². The van der Waals surface area contributed by atoms with Crippen LogP contribution in [0.5, 0.6) is 0 Å². The number of hydrogen-bond donors (Lipinski definition) is 0. The Morgan fingerprint density at radius 3 is 0.677 bits per heavy atom. The van der Waals surface area contributed by atoms with Gasteiger partial charge in [-0.25, -0.2) is 0 Å². The molecule has 0 fully saturated rings. The normalized spacial score (nSPS) is 11.8. The fourth-order valence-corrected chi connectivity index (χ4v) is 15.0. The third-order valence-corrected chi connectivity index (χ3v) is 19.1. The highest BCUT2D eigenvalue weighted by atomic mass is 32.2. The number of unbranched alkanes of at least 4 members (excludes halogenated alkanes) is 17. The molecule has 0 aliphatic heterocycles. The summed E-state index contributed by atoms with van der Waals surface area (Å²) in [6, 6.07) is 16.0. The van der Waals surface area contributed by atoms with Crippen LogP contribution < -0.4 is 0 Å². The van der Waals surface area contributed by atoms with Crippen molar-refractivity contribution in [3.63, 3.8) is 0 Å². The highest BCUT2D eigenvalue weighted by Crippen LogP contribution is 2.47. The summed E-state index contributed by atoms with van der Waals surface area (Å²) in [5.74, 6) is 7.24. The average Bonchev–Trinajstić information content (AvgIpc) is 3.27. The molecule has 4 aromatic rings. The van der Waals surface area contributed by atoms with Crippen molar-refractivity contribution < 1.29 is 0 Å². The lowest BCUT2D eigenvalue weighted by molar-refractivity contribution is 0.706. The molecule has 4 aromatic carbocycles. The summed E-state index contributed by atoms with van der Waals surface area (Å²) in [7, 11) is 0. The van der Waals surface area contributed by atoms with Gasteiger partial charge < -0.3 is 0 Å². The molecule has 0 saturated carbocycles. The zero-order valence-electron chi connectivity index (χ0n) is 40.3. The van der Waals surface area contributed by atoms with Gasteiger partial charge >= 0.3 is 0 Å². The Balaban J connectivity index is 1.94. The minimum atomic E-state index is 1.16. The Bertz CT molecular complexity index is 1810. The predicted molar refractivity (Wildman–Crippen MR) is 297 cm³/mol. The molecule has 0 bridgehead atoms. The highest BCUT2D eigenvalue weighted by molar-refractivity contribution is 8.03. The van der Waals surface area contributed by atoms with E-state index in [-0.39, 0.29) is 0 Å². The second kappa shape index (κ2) is 33.1. The molecule has 62 heavy (non-hydrogen) atoms. The van der Waals surface area contributed by atoms with Gasteiger partial charge in [0.25, 0.3) is 0 Å². The minimum Gasteiger partial charge on any atom is -0.125 e. The van der Waals surface area contributed by atoms with Gasteiger partial charge in [0.05, 0.1) is 0 Å². The Morgan fingerprint density at radius 2 is 0.500 bits per heavy atom. The van der Waals surface area contributed by atoms with Gasteiger partial charge in [0.1, 0.15) is 0 Å². The van der Waals surface area contributed by atoms with E-state index < -0.39 is 0 Å². The zero-order valence-corrected chi connectivity index (χ0v) is 45.2. The molecule has 0 nitrogen and oxygen atoms in total. The van der Waals surface area contributed by atoms with Crippen LogP contribution in [0.1, 0.15) is 196 Å². The Kier molecular flexibility index (Phi) is 28.8. The predicted octanol–water partition coefficient (Wildman–Crippen LogP) is 21.7. The minimum absolute atomic E-state index is 1.16. The van der Waals surface area contributed by atoms with Crippen molar-refractivity contribution in [2.45, 2.75) is 225 Å². The van der Waals surface area contributed by atoms with Crippen molar-refractivity contribution in [3.05, 3.63) is 48.6 Å². The smallest absolute Gasteiger partial charge is 0.0215 e. The van der Waals surface area contributed by atoms with Crippen molar-refractivity contribution in [1.82, 2.24) is 0 Å². The number of thioether (sulfide) groups is 6. The van der Waals surface area contributed by atoms with Crippen molar-refractivity contribution in [1.29, 1.82) is 0 Å². The van der Waals surface area contributed by atoms with Gasteiger partial charge in [-0.05, 0) is 162 Å². The van der Waals surface area contributed by atoms with E-state index in [4.69, 9.17) is 0 Å². The summed E-state index contributed by atoms with van der Waals surface area (Å²) in [5, 5.41) is 8.84. The summed E-state index contributed by atoms with van der Waals surface area (Å²) in [4.78, 5) is 9.08. The number of benzene rings is 4. The fraction of sp³-hybridized carbons (Fsp3) is 0.643. The maximum atomic E-state index is 4.16. The summed E-state index contributed by atoms with van der Waals surface area (Å²) in [6.07, 6.45) is 31.4. The van der Waals surface area contributed by atoms with E-state index in [0.29, 0.717) is 0 Å². The van der Waals surface area contributed by atoms with Crippen LogP contribution in [-0.2, 0) is 0 Å². The molecule has 0 unspecified atom stereocenters. The molecule has 6 heteroatoms. The van der Waals surface area contributed by atoms with Crippen LogP contribution >= 0.6 is 70.6 Å². The van der Waals surface area contributed by atoms with Crippen molar-refractivity contribution >= 4 is 103 Å². The molecule has 0 spiro atoms. The standard InChI is InChI=1S/C56H86S6/c1-8-13-18-25-32-57-51-38-45-46-39-52(58-33-26-19-14-9-2)54(60-35-28-21-16-11-4)41-48(46)50-43-56(62-37-30-23-24-31-44(6)7)55(61-36-29-22-17-12-5)42-49(50)47(45)40-53(51)59-34-27-20-15-10-3/h38-43H,6,8-37H2,1-5,7H3. The Hall–Kier alpha value is -0.500. The van der Waals surface area contributed by atoms with Crippen molar-refractivity contribution in [2.75, 3.05) is 34.5 Å². The van der Waals surface area contributed by atoms with Crippen LogP contribution in [0, 0.1) is 0 Å². The molecule has 0 heterocycles. The van der Waals surface area contributed by atoms with Gasteiger partial charge in [0, 0.05) is 29.4 Å². The first-order chi connectivity index (χ1) is 30.4. The third kappa shape index (κ3) is 19.0. The second-order valence-electron chi connectivity index (χ2n) is 17.7. The first-order valence-corrected chi connectivity index (χ1v) is 31.3. The number of rotatable bonds is 37. The topological polar surface area (TPSA) is 0 Å². The van der Waals surface area contributed by atoms with Gasteiger partial charge in [0.15, 0.2) is 0 Å². The van der Waals surface area contributed by atoms with Gasteiger partial charge in [-0.15, -0.1) is 77.2 Å². The lowest BCUT2D eigenvalue weighted by Gasteiger charge is -2.20. The average molecular weight is 952 g/mol. The first kappa shape index (κ1) is 54.1. The van der Waals surface area contributed by atoms with Gasteiger partial charge in [-0.1, -0.05) is 143 Å². The summed E-state index contributed by atoms with van der Waals surface area (Å²) in [5.41, 5.74) is 1.32. The van der Waals surface area contributed by atoms with Gasteiger partial charge in [0.2, 0.25) is 0 Å². The molecule has 0 saturated heterocycles. The van der Waals surface area contributed by atoms with Crippen LogP contribution in [0.4, 0.5) is 0 Å². The van der Waals surface area contributed by atoms with E-state index in [9.17, 15) is 0 Å². The van der Waals surface area contributed by atoms with E-state index in [1.807, 2.05) is 0 Å². The van der Waals surface area contributed by atoms with Crippen molar-refractivity contribution in [2.24, 2.45) is 0 Å². The summed E-state index contributed by atoms with van der Waals surface area (Å²) in [6.45, 7) is 18.0. The number of hydrogen-bond acceptors (Lipinski definition) is 6. The van der Waals surface area contributed by atoms with Crippen LogP contribution in [0.25, 0.3) is 32.3 Å². The second-order valence-corrected chi connectivity index (χ2v) is 24.5. The fourth-order valence-electron chi connectivity index (χ4n) is 8.14. The first-order valence-electron chi connectivity index (χ1n) is 25.4. The molecule has 0 N–H and O–H groups in total. The van der Waals surface area contributed by atoms with E-state index in [2.05, 4.69) is 155 Å². The van der Waals surface area contributed by atoms with E-state index in [1.165, 1.54) is 249 Å². The number of fused-ring (bicyclic) bond motifs is 6. The lowest BCUT2D eigenvalue weighted by atomic mass is 9.94. The monoisotopic (exact) mass is 951 g/mol. The highest BCUT2D eigenvalue weighted by Gasteiger charge is 2.19. The quantitative estimate of drug-likeness (QED) is 0.0190. The SMILES string of the molecule is C=C(C)CCCCCSc1cc2c3cc(SCCCCCC)c(SCCCCCC)cc3c3cc(SCCCCCC)c(SCCCCCC)cc3c2cc1SCCCCCC. The third-order valence-electron chi connectivity index (χ3n) is 11.9. The number of allylic oxidation sites excluding steroid dienone is 1. The molecular formula is C56H86S6. The maximum Gasteiger partial charge on any atom is 0.0215 e. The molecule has 346 valence electrons. The van der Waals surface area contributed by atoms with Crippen LogP contribution in [0.3, 0.4) is 0 Å². The lowest BCUT2D eigenvalue weighted by Crippen LogP contribution is -1.94. The molecule has 0 atom stereocenters. The molecule has 0 radical (unpaired) electrons. The maximum absolute atomic E-state index is 4.16. The molecule has 0 aromatic heterocycles. The van der Waals surface area contributed by atoms with Gasteiger partial charge in [-0.3, -0.25) is 0 Å². The van der Waals surface area contributed by atoms with E-state index >= 15 is 0 Å². The van der Waals surface area contributed by atoms with Gasteiger partial charge in [-0.2, -0.15) is 0 Å². The van der Waals surface area contributed by atoms with E-state index in [1.54, 1.807) is 0 Å².